The van der Waals surface area contributed by atoms with Crippen molar-refractivity contribution in [2.75, 3.05) is 26.7 Å². The van der Waals surface area contributed by atoms with Gasteiger partial charge in [-0.2, -0.15) is 0 Å². The highest BCUT2D eigenvalue weighted by molar-refractivity contribution is 14.0. The Morgan fingerprint density at radius 2 is 1.90 bits per heavy atom. The summed E-state index contributed by atoms with van der Waals surface area (Å²) in [6.07, 6.45) is 2.24. The molecule has 1 aromatic carbocycles. The fourth-order valence-electron chi connectivity index (χ4n) is 2.72. The van der Waals surface area contributed by atoms with Crippen LogP contribution < -0.4 is 16.0 Å². The molecule has 0 spiro atoms. The van der Waals surface area contributed by atoms with E-state index in [1.165, 1.54) is 12.3 Å². The molecule has 0 fully saturated rings. The summed E-state index contributed by atoms with van der Waals surface area (Å²) in [6, 6.07) is 8.40. The monoisotopic (exact) mass is 516 g/mol. The Bertz CT molecular complexity index is 821. The van der Waals surface area contributed by atoms with Crippen molar-refractivity contribution in [2.24, 2.45) is 4.99 Å². The highest BCUT2D eigenvalue weighted by Crippen LogP contribution is 2.22. The molecule has 0 bridgehead atoms. The molecule has 1 amide bonds. The summed E-state index contributed by atoms with van der Waals surface area (Å²) >= 11 is 0. The van der Waals surface area contributed by atoms with Gasteiger partial charge in [-0.1, -0.05) is 26.0 Å². The van der Waals surface area contributed by atoms with Crippen molar-refractivity contribution in [3.63, 3.8) is 0 Å². The van der Waals surface area contributed by atoms with Gasteiger partial charge in [0.1, 0.15) is 5.82 Å². The number of rotatable bonds is 8. The third kappa shape index (κ3) is 7.68. The average molecular weight is 516 g/mol. The van der Waals surface area contributed by atoms with Crippen LogP contribution in [0, 0.1) is 12.7 Å². The zero-order valence-corrected chi connectivity index (χ0v) is 19.7. The maximum absolute atomic E-state index is 13.5. The summed E-state index contributed by atoms with van der Waals surface area (Å²) in [5.41, 5.74) is 1.49. The predicted octanol–water partition coefficient (Wildman–Crippen LogP) is 3.61. The number of benzene rings is 1. The van der Waals surface area contributed by atoms with Crippen LogP contribution >= 0.6 is 24.0 Å². The molecular weight excluding hydrogens is 486 g/mol. The van der Waals surface area contributed by atoms with Crippen LogP contribution in [-0.2, 0) is 5.41 Å². The SMILES string of the molecule is CN=C(NCCCNC(=O)c1occc1C)NCC(C)(C)c1cccc(F)c1.I. The Hall–Kier alpha value is -2.10. The smallest absolute Gasteiger partial charge is 0.287 e. The van der Waals surface area contributed by atoms with Gasteiger partial charge in [0.15, 0.2) is 11.7 Å². The summed E-state index contributed by atoms with van der Waals surface area (Å²) in [5, 5.41) is 9.32. The lowest BCUT2D eigenvalue weighted by Gasteiger charge is -2.26. The average Bonchev–Trinajstić information content (AvgIpc) is 3.10. The standard InChI is InChI=1S/C21H29FN4O2.HI/c1-15-9-12-28-18(15)19(27)24-10-6-11-25-20(23-4)26-14-21(2,3)16-7-5-8-17(22)13-16;/h5,7-9,12-13H,6,10-11,14H2,1-4H3,(H,24,27)(H2,23,25,26);1H. The molecule has 1 aromatic heterocycles. The molecule has 1 heterocycles. The fourth-order valence-corrected chi connectivity index (χ4v) is 2.72. The second kappa shape index (κ2) is 11.8. The number of furan rings is 1. The lowest BCUT2D eigenvalue weighted by molar-refractivity contribution is 0.0925. The molecule has 0 aliphatic rings. The molecule has 0 saturated heterocycles. The van der Waals surface area contributed by atoms with Crippen molar-refractivity contribution < 1.29 is 13.6 Å². The van der Waals surface area contributed by atoms with Gasteiger partial charge in [0, 0.05) is 37.7 Å². The van der Waals surface area contributed by atoms with E-state index in [-0.39, 0.29) is 41.1 Å². The van der Waals surface area contributed by atoms with E-state index in [2.05, 4.69) is 20.9 Å². The number of carbonyl (C=O) groups is 1. The van der Waals surface area contributed by atoms with E-state index in [0.29, 0.717) is 31.4 Å². The summed E-state index contributed by atoms with van der Waals surface area (Å²) in [4.78, 5) is 16.2. The number of amides is 1. The van der Waals surface area contributed by atoms with E-state index in [0.717, 1.165) is 17.5 Å². The van der Waals surface area contributed by atoms with Gasteiger partial charge < -0.3 is 20.4 Å². The van der Waals surface area contributed by atoms with Gasteiger partial charge in [-0.15, -0.1) is 24.0 Å². The van der Waals surface area contributed by atoms with Gasteiger partial charge in [-0.25, -0.2) is 4.39 Å². The largest absolute Gasteiger partial charge is 0.459 e. The van der Waals surface area contributed by atoms with E-state index >= 15 is 0 Å². The highest BCUT2D eigenvalue weighted by Gasteiger charge is 2.21. The topological polar surface area (TPSA) is 78.7 Å². The Morgan fingerprint density at radius 3 is 2.52 bits per heavy atom. The van der Waals surface area contributed by atoms with Gasteiger partial charge in [-0.05, 0) is 37.1 Å². The van der Waals surface area contributed by atoms with Gasteiger partial charge in [-0.3, -0.25) is 9.79 Å². The van der Waals surface area contributed by atoms with Crippen LogP contribution in [-0.4, -0.2) is 38.5 Å². The number of halogens is 2. The molecule has 29 heavy (non-hydrogen) atoms. The molecule has 0 saturated carbocycles. The van der Waals surface area contributed by atoms with Crippen LogP contribution in [0.25, 0.3) is 0 Å². The maximum atomic E-state index is 13.5. The second-order valence-corrected chi connectivity index (χ2v) is 7.29. The van der Waals surface area contributed by atoms with Crippen LogP contribution in [0.5, 0.6) is 0 Å². The van der Waals surface area contributed by atoms with Crippen LogP contribution in [0.1, 0.15) is 41.9 Å². The van der Waals surface area contributed by atoms with Crippen molar-refractivity contribution in [1.29, 1.82) is 0 Å². The number of carbonyl (C=O) groups excluding carboxylic acids is 1. The Balaban J connectivity index is 0.00000420. The van der Waals surface area contributed by atoms with Gasteiger partial charge in [0.05, 0.1) is 6.26 Å². The summed E-state index contributed by atoms with van der Waals surface area (Å²) in [6.45, 7) is 7.71. The second-order valence-electron chi connectivity index (χ2n) is 7.29. The Morgan fingerprint density at radius 1 is 1.17 bits per heavy atom. The number of guanidine groups is 1. The summed E-state index contributed by atoms with van der Waals surface area (Å²) in [5.74, 6) is 0.574. The molecule has 2 aromatic rings. The minimum Gasteiger partial charge on any atom is -0.459 e. The molecule has 0 aliphatic heterocycles. The van der Waals surface area contributed by atoms with Gasteiger partial charge in [0.25, 0.3) is 5.91 Å². The first-order chi connectivity index (χ1) is 13.3. The quantitative estimate of drug-likeness (QED) is 0.217. The van der Waals surface area contributed by atoms with Crippen molar-refractivity contribution in [1.82, 2.24) is 16.0 Å². The minimum atomic E-state index is -0.255. The number of hydrogen-bond acceptors (Lipinski definition) is 3. The molecule has 6 nitrogen and oxygen atoms in total. The normalized spacial score (nSPS) is 11.6. The van der Waals surface area contributed by atoms with Gasteiger partial charge in [0.2, 0.25) is 0 Å². The predicted molar refractivity (Wildman–Crippen MR) is 125 cm³/mol. The zero-order valence-electron chi connectivity index (χ0n) is 17.3. The first kappa shape index (κ1) is 24.9. The number of aliphatic imine (C=N–C) groups is 1. The first-order valence-electron chi connectivity index (χ1n) is 9.36. The Kier molecular flexibility index (Phi) is 10.1. The number of aryl methyl sites for hydroxylation is 1. The third-order valence-corrected chi connectivity index (χ3v) is 4.53. The molecule has 3 N–H and O–H groups in total. The third-order valence-electron chi connectivity index (χ3n) is 4.53. The van der Waals surface area contributed by atoms with Crippen molar-refractivity contribution in [3.05, 3.63) is 59.3 Å². The van der Waals surface area contributed by atoms with Gasteiger partial charge >= 0.3 is 0 Å². The van der Waals surface area contributed by atoms with E-state index in [1.807, 2.05) is 26.8 Å². The molecule has 0 atom stereocenters. The van der Waals surface area contributed by atoms with E-state index in [1.54, 1.807) is 25.2 Å². The molecule has 160 valence electrons. The first-order valence-corrected chi connectivity index (χ1v) is 9.36. The van der Waals surface area contributed by atoms with E-state index < -0.39 is 0 Å². The van der Waals surface area contributed by atoms with E-state index in [4.69, 9.17) is 4.42 Å². The van der Waals surface area contributed by atoms with Crippen LogP contribution in [0.2, 0.25) is 0 Å². The molecule has 0 unspecified atom stereocenters. The lowest BCUT2D eigenvalue weighted by atomic mass is 9.84. The number of nitrogens with zero attached hydrogens (tertiary/aromatic N) is 1. The summed E-state index contributed by atoms with van der Waals surface area (Å²) in [7, 11) is 1.70. The highest BCUT2D eigenvalue weighted by atomic mass is 127. The van der Waals surface area contributed by atoms with Crippen molar-refractivity contribution >= 4 is 35.8 Å². The lowest BCUT2D eigenvalue weighted by Crippen LogP contribution is -2.44. The molecule has 0 aliphatic carbocycles. The Labute approximate surface area is 188 Å². The van der Waals surface area contributed by atoms with Crippen molar-refractivity contribution in [2.45, 2.75) is 32.6 Å². The van der Waals surface area contributed by atoms with Crippen LogP contribution in [0.4, 0.5) is 4.39 Å². The zero-order chi connectivity index (χ0) is 20.6. The maximum Gasteiger partial charge on any atom is 0.287 e. The van der Waals surface area contributed by atoms with Crippen LogP contribution in [0.15, 0.2) is 46.0 Å². The fraction of sp³-hybridized carbons (Fsp3) is 0.429. The molecular formula is C21H30FIN4O2. The summed E-state index contributed by atoms with van der Waals surface area (Å²) < 4.78 is 18.6. The number of nitrogens with one attached hydrogen (secondary N) is 3. The molecule has 0 radical (unpaired) electrons. The van der Waals surface area contributed by atoms with Crippen molar-refractivity contribution in [3.8, 4) is 0 Å². The minimum absolute atomic E-state index is 0. The van der Waals surface area contributed by atoms with E-state index in [9.17, 15) is 9.18 Å². The molecule has 8 heteroatoms. The number of hydrogen-bond donors (Lipinski definition) is 3. The van der Waals surface area contributed by atoms with Crippen LogP contribution in [0.3, 0.4) is 0 Å². The molecule has 2 rings (SSSR count).